The molecule has 3 fully saturated rings. The Hall–Kier alpha value is -4.54. The van der Waals surface area contributed by atoms with E-state index in [-0.39, 0.29) is 6.61 Å². The summed E-state index contributed by atoms with van der Waals surface area (Å²) < 4.78 is 5.86. The van der Waals surface area contributed by atoms with E-state index >= 15 is 0 Å². The van der Waals surface area contributed by atoms with Crippen molar-refractivity contribution in [3.8, 4) is 18.1 Å². The second-order valence-corrected chi connectivity index (χ2v) is 13.6. The molecule has 0 spiro atoms. The molecule has 0 aliphatic heterocycles. The van der Waals surface area contributed by atoms with Gasteiger partial charge in [0.05, 0.1) is 5.41 Å². The van der Waals surface area contributed by atoms with Gasteiger partial charge in [0.25, 0.3) is 0 Å². The maximum Gasteiger partial charge on any atom is 0.148 e. The summed E-state index contributed by atoms with van der Waals surface area (Å²) in [7, 11) is 0. The highest BCUT2D eigenvalue weighted by Gasteiger charge is 2.39. The fourth-order valence-corrected chi connectivity index (χ4v) is 7.27. The predicted octanol–water partition coefficient (Wildman–Crippen LogP) is 11.3. The van der Waals surface area contributed by atoms with Crippen molar-refractivity contribution in [2.24, 2.45) is 0 Å². The van der Waals surface area contributed by atoms with Gasteiger partial charge in [-0.2, -0.15) is 0 Å². The molecule has 0 heterocycles. The molecule has 0 unspecified atom stereocenters. The van der Waals surface area contributed by atoms with Crippen molar-refractivity contribution in [2.75, 3.05) is 6.61 Å². The van der Waals surface area contributed by atoms with Crippen molar-refractivity contribution in [2.45, 2.75) is 26.2 Å². The lowest BCUT2D eigenvalue weighted by Crippen LogP contribution is -2.31. The molecule has 0 atom stereocenters. The van der Waals surface area contributed by atoms with Gasteiger partial charge < -0.3 is 4.74 Å². The predicted molar refractivity (Wildman–Crippen MR) is 222 cm³/mol. The monoisotopic (exact) mass is 683 g/mol. The molecule has 0 aromatic heterocycles. The molecule has 0 bridgehead atoms. The zero-order valence-corrected chi connectivity index (χ0v) is 30.6. The van der Waals surface area contributed by atoms with Gasteiger partial charge in [0.15, 0.2) is 0 Å². The van der Waals surface area contributed by atoms with Crippen molar-refractivity contribution in [3.63, 3.8) is 0 Å². The van der Waals surface area contributed by atoms with Crippen LogP contribution in [0.1, 0.15) is 55.6 Å². The van der Waals surface area contributed by atoms with Crippen LogP contribution in [-0.2, 0) is 5.41 Å². The fourth-order valence-electron chi connectivity index (χ4n) is 7.27. The third-order valence-electron chi connectivity index (χ3n) is 10.1. The van der Waals surface area contributed by atoms with E-state index in [1.165, 1.54) is 67.8 Å². The second kappa shape index (κ2) is 17.1. The molecule has 0 amide bonds. The minimum Gasteiger partial charge on any atom is -0.481 e. The number of allylic oxidation sites excluding steroid dienone is 3. The Morgan fingerprint density at radius 2 is 0.811 bits per heavy atom. The summed E-state index contributed by atoms with van der Waals surface area (Å²) in [6.07, 6.45) is 43.9. The van der Waals surface area contributed by atoms with Gasteiger partial charge in [-0.05, 0) is 166 Å². The van der Waals surface area contributed by atoms with Crippen molar-refractivity contribution in [1.29, 1.82) is 0 Å². The van der Waals surface area contributed by atoms with Crippen molar-refractivity contribution in [3.05, 3.63) is 248 Å². The molecular formula is C52H43O. The molecule has 4 aromatic rings. The number of rotatable bonds is 12. The van der Waals surface area contributed by atoms with E-state index in [0.29, 0.717) is 0 Å². The number of ether oxygens (including phenoxy) is 1. The van der Waals surface area contributed by atoms with Crippen LogP contribution in [0.5, 0.6) is 5.75 Å². The first-order chi connectivity index (χ1) is 25.9. The van der Waals surface area contributed by atoms with E-state index in [1.54, 1.807) is 0 Å². The number of hydrogen-bond acceptors (Lipinski definition) is 1. The molecule has 257 valence electrons. The Morgan fingerprint density at radius 3 is 1.13 bits per heavy atom. The highest BCUT2D eigenvalue weighted by molar-refractivity contribution is 5.69. The van der Waals surface area contributed by atoms with Crippen LogP contribution in [0.25, 0.3) is 18.2 Å². The van der Waals surface area contributed by atoms with Crippen LogP contribution in [-0.4, -0.2) is 6.61 Å². The average molecular weight is 684 g/mol. The van der Waals surface area contributed by atoms with E-state index in [1.807, 2.05) is 12.1 Å². The zero-order chi connectivity index (χ0) is 36.6. The summed E-state index contributed by atoms with van der Waals surface area (Å²) in [5.41, 5.74) is 11.3. The zero-order valence-electron chi connectivity index (χ0n) is 30.6. The van der Waals surface area contributed by atoms with Crippen LogP contribution in [0.2, 0.25) is 0 Å². The first-order valence-corrected chi connectivity index (χ1v) is 18.1. The van der Waals surface area contributed by atoms with Crippen molar-refractivity contribution >= 4 is 18.2 Å². The van der Waals surface area contributed by atoms with Gasteiger partial charge in [-0.25, -0.2) is 0 Å². The van der Waals surface area contributed by atoms with Crippen LogP contribution in [0.4, 0.5) is 0 Å². The normalized spacial score (nSPS) is 17.5. The van der Waals surface area contributed by atoms with E-state index in [9.17, 15) is 0 Å². The van der Waals surface area contributed by atoms with Gasteiger partial charge in [-0.15, -0.1) is 6.42 Å². The summed E-state index contributed by atoms with van der Waals surface area (Å²) in [4.78, 5) is 0. The third-order valence-corrected chi connectivity index (χ3v) is 10.1. The number of aryl methyl sites for hydroxylation is 3. The molecule has 7 rings (SSSR count). The lowest BCUT2D eigenvalue weighted by molar-refractivity contribution is 0.370. The van der Waals surface area contributed by atoms with Crippen molar-refractivity contribution in [1.82, 2.24) is 0 Å². The number of terminal acetylenes is 1. The topological polar surface area (TPSA) is 9.23 Å². The summed E-state index contributed by atoms with van der Waals surface area (Å²) in [5.74, 6) is 6.93. The van der Waals surface area contributed by atoms with E-state index in [2.05, 4.69) is 207 Å². The maximum absolute atomic E-state index is 5.86. The number of hydrogen-bond donors (Lipinski definition) is 0. The first kappa shape index (κ1) is 36.8. The molecule has 3 aliphatic rings. The molecule has 0 saturated heterocycles. The van der Waals surface area contributed by atoms with E-state index in [0.717, 1.165) is 11.3 Å². The molecule has 1 nitrogen and oxygen atoms in total. The quantitative estimate of drug-likeness (QED) is 0.107. The average Bonchev–Trinajstić information content (AvgIpc) is 3.99. The Morgan fingerprint density at radius 1 is 0.472 bits per heavy atom. The molecule has 1 heteroatoms. The molecule has 3 saturated carbocycles. The van der Waals surface area contributed by atoms with Gasteiger partial charge in [0.2, 0.25) is 0 Å². The van der Waals surface area contributed by atoms with Gasteiger partial charge in [-0.1, -0.05) is 109 Å². The van der Waals surface area contributed by atoms with Crippen LogP contribution in [0.3, 0.4) is 0 Å². The second-order valence-electron chi connectivity index (χ2n) is 13.6. The minimum absolute atomic E-state index is 0.223. The first-order valence-electron chi connectivity index (χ1n) is 18.1. The Kier molecular flexibility index (Phi) is 11.9. The summed E-state index contributed by atoms with van der Waals surface area (Å²) in [5, 5.41) is 0. The highest BCUT2D eigenvalue weighted by atomic mass is 16.5. The van der Waals surface area contributed by atoms with Crippen LogP contribution in [0.15, 0.2) is 97.1 Å². The Bertz CT molecular complexity index is 1800. The third kappa shape index (κ3) is 8.34. The molecule has 3 aliphatic carbocycles. The summed E-state index contributed by atoms with van der Waals surface area (Å²) >= 11 is 0. The van der Waals surface area contributed by atoms with E-state index in [4.69, 9.17) is 11.2 Å². The van der Waals surface area contributed by atoms with Crippen LogP contribution >= 0.6 is 0 Å². The Balaban J connectivity index is 1.39. The van der Waals surface area contributed by atoms with Crippen LogP contribution in [0, 0.1) is 128 Å². The number of benzene rings is 4. The lowest BCUT2D eigenvalue weighted by atomic mass is 9.64. The smallest absolute Gasteiger partial charge is 0.148 e. The molecule has 53 heavy (non-hydrogen) atoms. The van der Waals surface area contributed by atoms with Gasteiger partial charge >= 0.3 is 0 Å². The largest absolute Gasteiger partial charge is 0.481 e. The molecule has 15 radical (unpaired) electrons. The fraction of sp³-hybridized carbons (Fsp3) is 0.0962. The van der Waals surface area contributed by atoms with Gasteiger partial charge in [0, 0.05) is 17.8 Å². The standard InChI is InChI=1S/C52H43O/c1-5-34-53-51-32-30-47(31-33-51)52(48-27-24-44(38(2)35-48)21-18-41-12-6-7-13-41,49-28-25-45(39(3)36-49)22-19-42-14-8-9-15-42)50-29-26-46(40(4)37-50)23-20-43-16-10-11-17-43/h1,6-33,35-37H,34H2,2-4H3/b21-18+,22-19+,23-20+. The maximum atomic E-state index is 5.86. The van der Waals surface area contributed by atoms with E-state index < -0.39 is 5.41 Å². The van der Waals surface area contributed by atoms with Crippen LogP contribution < -0.4 is 4.74 Å². The van der Waals surface area contributed by atoms with Gasteiger partial charge in [-0.3, -0.25) is 0 Å². The minimum atomic E-state index is -0.652. The highest BCUT2D eigenvalue weighted by Crippen LogP contribution is 2.47. The SMILES string of the molecule is C#CCOc1ccc(C(c2ccc(/C=C/[C]3[CH][CH][CH][CH]3)c(C)c2)(c2ccc(/C=C/[C]3[CH][CH][CH][CH]3)c(C)c2)c2ccc(/C=C/[C]3[CH][CH][CH][CH]3)c(C)c2)cc1. The van der Waals surface area contributed by atoms with Gasteiger partial charge in [0.1, 0.15) is 12.4 Å². The molecule has 0 N–H and O–H groups in total. The lowest BCUT2D eigenvalue weighted by Gasteiger charge is -2.38. The summed E-state index contributed by atoms with van der Waals surface area (Å²) in [6, 6.07) is 29.3. The Labute approximate surface area is 320 Å². The molecule has 4 aromatic carbocycles. The molecular weight excluding hydrogens is 641 g/mol. The van der Waals surface area contributed by atoms with Crippen molar-refractivity contribution < 1.29 is 4.74 Å². The summed E-state index contributed by atoms with van der Waals surface area (Å²) in [6.45, 7) is 6.85.